The van der Waals surface area contributed by atoms with Gasteiger partial charge < -0.3 is 5.32 Å². The second-order valence-corrected chi connectivity index (χ2v) is 5.89. The lowest BCUT2D eigenvalue weighted by molar-refractivity contribution is 0.104. The maximum atomic E-state index is 3.71. The average Bonchev–Trinajstić information content (AvgIpc) is 2.41. The molecule has 0 heterocycles. The van der Waals surface area contributed by atoms with Crippen LogP contribution in [-0.2, 0) is 0 Å². The molecule has 2 unspecified atom stereocenters. The van der Waals surface area contributed by atoms with Gasteiger partial charge >= 0.3 is 0 Å². The molecule has 1 aliphatic carbocycles. The van der Waals surface area contributed by atoms with Gasteiger partial charge in [0.2, 0.25) is 0 Å². The summed E-state index contributed by atoms with van der Waals surface area (Å²) in [5, 5.41) is 3.71. The predicted octanol–water partition coefficient (Wildman–Crippen LogP) is 3.81. The highest BCUT2D eigenvalue weighted by molar-refractivity contribution is 4.86. The monoisotopic (exact) mass is 254 g/mol. The third-order valence-electron chi connectivity index (χ3n) is 4.62. The standard InChI is InChI=1S/C16H34N2/c1-5-11-15(17-7-3)16(6-2)18(4)14-12-9-8-10-13-14/h14-17H,5-13H2,1-4H3. The topological polar surface area (TPSA) is 15.3 Å². The van der Waals surface area contributed by atoms with Gasteiger partial charge in [-0.25, -0.2) is 0 Å². The molecule has 0 aliphatic heterocycles. The Kier molecular flexibility index (Phi) is 7.92. The van der Waals surface area contributed by atoms with Gasteiger partial charge in [0.05, 0.1) is 0 Å². The summed E-state index contributed by atoms with van der Waals surface area (Å²) < 4.78 is 0. The number of rotatable bonds is 8. The minimum atomic E-state index is 0.678. The fraction of sp³-hybridized carbons (Fsp3) is 1.00. The van der Waals surface area contributed by atoms with E-state index in [2.05, 4.69) is 38.0 Å². The highest BCUT2D eigenvalue weighted by atomic mass is 15.2. The molecule has 1 N–H and O–H groups in total. The first-order chi connectivity index (χ1) is 8.74. The van der Waals surface area contributed by atoms with E-state index in [9.17, 15) is 0 Å². The van der Waals surface area contributed by atoms with Gasteiger partial charge in [-0.3, -0.25) is 4.90 Å². The van der Waals surface area contributed by atoms with Crippen LogP contribution in [0.5, 0.6) is 0 Å². The third-order valence-corrected chi connectivity index (χ3v) is 4.62. The van der Waals surface area contributed by atoms with Crippen molar-refractivity contribution in [2.24, 2.45) is 0 Å². The highest BCUT2D eigenvalue weighted by Crippen LogP contribution is 2.25. The van der Waals surface area contributed by atoms with Gasteiger partial charge in [-0.05, 0) is 39.3 Å². The fourth-order valence-corrected chi connectivity index (χ4v) is 3.62. The van der Waals surface area contributed by atoms with E-state index in [1.165, 1.54) is 51.4 Å². The molecular formula is C16H34N2. The normalized spacial score (nSPS) is 21.2. The van der Waals surface area contributed by atoms with Crippen molar-refractivity contribution in [2.75, 3.05) is 13.6 Å². The molecule has 1 rings (SSSR count). The summed E-state index contributed by atoms with van der Waals surface area (Å²) in [5.74, 6) is 0. The summed E-state index contributed by atoms with van der Waals surface area (Å²) in [6.07, 6.45) is 11.0. The van der Waals surface area contributed by atoms with Crippen LogP contribution in [0.2, 0.25) is 0 Å². The van der Waals surface area contributed by atoms with E-state index in [4.69, 9.17) is 0 Å². The molecule has 0 amide bonds. The Morgan fingerprint density at radius 2 is 1.78 bits per heavy atom. The van der Waals surface area contributed by atoms with E-state index in [-0.39, 0.29) is 0 Å². The smallest absolute Gasteiger partial charge is 0.0246 e. The molecule has 0 aromatic carbocycles. The number of nitrogens with zero attached hydrogens (tertiary/aromatic N) is 1. The minimum Gasteiger partial charge on any atom is -0.313 e. The molecule has 2 nitrogen and oxygen atoms in total. The first kappa shape index (κ1) is 16.0. The SMILES string of the molecule is CCCC(NCC)C(CC)N(C)C1CCCCC1. The van der Waals surface area contributed by atoms with Crippen LogP contribution >= 0.6 is 0 Å². The molecule has 1 saturated carbocycles. The van der Waals surface area contributed by atoms with Gasteiger partial charge in [0.15, 0.2) is 0 Å². The van der Waals surface area contributed by atoms with Crippen molar-refractivity contribution in [3.05, 3.63) is 0 Å². The summed E-state index contributed by atoms with van der Waals surface area (Å²) >= 11 is 0. The van der Waals surface area contributed by atoms with Crippen LogP contribution in [0.1, 0.15) is 72.1 Å². The van der Waals surface area contributed by atoms with Crippen LogP contribution in [0, 0.1) is 0 Å². The third kappa shape index (κ3) is 4.55. The summed E-state index contributed by atoms with van der Waals surface area (Å²) in [6.45, 7) is 7.98. The molecule has 0 bridgehead atoms. The van der Waals surface area contributed by atoms with Crippen molar-refractivity contribution >= 4 is 0 Å². The van der Waals surface area contributed by atoms with Crippen molar-refractivity contribution in [1.82, 2.24) is 10.2 Å². The molecular weight excluding hydrogens is 220 g/mol. The van der Waals surface area contributed by atoms with Crippen LogP contribution in [0.25, 0.3) is 0 Å². The van der Waals surface area contributed by atoms with Crippen LogP contribution in [0.15, 0.2) is 0 Å². The first-order valence-electron chi connectivity index (χ1n) is 8.19. The molecule has 0 spiro atoms. The summed E-state index contributed by atoms with van der Waals surface area (Å²) in [4.78, 5) is 2.70. The second-order valence-electron chi connectivity index (χ2n) is 5.89. The van der Waals surface area contributed by atoms with E-state index in [1.807, 2.05) is 0 Å². The Bertz CT molecular complexity index is 193. The number of hydrogen-bond donors (Lipinski definition) is 1. The van der Waals surface area contributed by atoms with Crippen LogP contribution in [0.3, 0.4) is 0 Å². The Morgan fingerprint density at radius 1 is 1.11 bits per heavy atom. The van der Waals surface area contributed by atoms with Crippen LogP contribution in [0.4, 0.5) is 0 Å². The highest BCUT2D eigenvalue weighted by Gasteiger charge is 2.28. The van der Waals surface area contributed by atoms with Gasteiger partial charge in [0.25, 0.3) is 0 Å². The van der Waals surface area contributed by atoms with Crippen molar-refractivity contribution in [1.29, 1.82) is 0 Å². The molecule has 1 aliphatic rings. The van der Waals surface area contributed by atoms with Gasteiger partial charge in [0, 0.05) is 18.1 Å². The molecule has 2 atom stereocenters. The first-order valence-corrected chi connectivity index (χ1v) is 8.19. The minimum absolute atomic E-state index is 0.678. The number of nitrogens with one attached hydrogen (secondary N) is 1. The molecule has 0 radical (unpaired) electrons. The number of likely N-dealkylation sites (N-methyl/N-ethyl adjacent to an activating group) is 2. The van der Waals surface area contributed by atoms with Crippen LogP contribution < -0.4 is 5.32 Å². The zero-order chi connectivity index (χ0) is 13.4. The van der Waals surface area contributed by atoms with Crippen LogP contribution in [-0.4, -0.2) is 36.6 Å². The lowest BCUT2D eigenvalue weighted by Crippen LogP contribution is -2.52. The molecule has 0 aromatic rings. The van der Waals surface area contributed by atoms with E-state index in [1.54, 1.807) is 0 Å². The summed E-state index contributed by atoms with van der Waals surface area (Å²) in [7, 11) is 2.37. The Labute approximate surface area is 115 Å². The lowest BCUT2D eigenvalue weighted by atomic mass is 9.91. The van der Waals surface area contributed by atoms with E-state index >= 15 is 0 Å². The van der Waals surface area contributed by atoms with Gasteiger partial charge in [-0.2, -0.15) is 0 Å². The fourth-order valence-electron chi connectivity index (χ4n) is 3.62. The predicted molar refractivity (Wildman–Crippen MR) is 81.1 cm³/mol. The van der Waals surface area contributed by atoms with E-state index < -0.39 is 0 Å². The quantitative estimate of drug-likeness (QED) is 0.708. The van der Waals surface area contributed by atoms with Crippen molar-refractivity contribution < 1.29 is 0 Å². The van der Waals surface area contributed by atoms with Gasteiger partial charge in [0.1, 0.15) is 0 Å². The second kappa shape index (κ2) is 8.92. The Hall–Kier alpha value is -0.0800. The molecule has 0 aromatic heterocycles. The molecule has 2 heteroatoms. The van der Waals surface area contributed by atoms with Gasteiger partial charge in [-0.1, -0.05) is 46.5 Å². The largest absolute Gasteiger partial charge is 0.313 e. The maximum Gasteiger partial charge on any atom is 0.0246 e. The Balaban J connectivity index is 2.59. The van der Waals surface area contributed by atoms with Crippen molar-refractivity contribution in [3.8, 4) is 0 Å². The molecule has 108 valence electrons. The zero-order valence-corrected chi connectivity index (χ0v) is 13.0. The molecule has 1 fully saturated rings. The van der Waals surface area contributed by atoms with Crippen molar-refractivity contribution in [2.45, 2.75) is 90.3 Å². The summed E-state index contributed by atoms with van der Waals surface area (Å²) in [6, 6.07) is 2.23. The Morgan fingerprint density at radius 3 is 2.28 bits per heavy atom. The molecule has 0 saturated heterocycles. The van der Waals surface area contributed by atoms with E-state index in [0.717, 1.165) is 12.6 Å². The van der Waals surface area contributed by atoms with Crippen molar-refractivity contribution in [3.63, 3.8) is 0 Å². The zero-order valence-electron chi connectivity index (χ0n) is 13.0. The average molecular weight is 254 g/mol. The molecule has 18 heavy (non-hydrogen) atoms. The number of hydrogen-bond acceptors (Lipinski definition) is 2. The summed E-state index contributed by atoms with van der Waals surface area (Å²) in [5.41, 5.74) is 0. The van der Waals surface area contributed by atoms with Gasteiger partial charge in [-0.15, -0.1) is 0 Å². The van der Waals surface area contributed by atoms with E-state index in [0.29, 0.717) is 12.1 Å². The lowest BCUT2D eigenvalue weighted by Gasteiger charge is -2.41. The maximum absolute atomic E-state index is 3.71.